The molecule has 99 heavy (non-hydrogen) atoms. The lowest BCUT2D eigenvalue weighted by molar-refractivity contribution is -0.161. The number of aliphatic hydroxyl groups is 1. The molecule has 0 spiro atoms. The zero-order valence-corrected chi connectivity index (χ0v) is 66.9. The standard InChI is InChI=1S/C80H156O17P2/c1-70(2)56-48-40-32-26-20-16-12-9-10-14-18-22-30-36-46-54-62-79(84)96-75(66-90-77(82)60-52-44-35-29-25-24-28-34-42-50-58-72(5)6)68-94-98(86,87)92-64-74(81)65-93-99(88,89)95-69-76(67-91-78(83)61-53-45-39-38-43-51-59-73(7)8)97-80(85)63-55-47-37-31-23-19-15-11-13-17-21-27-33-41-49-57-71(3)4/h70-76,81H,9-69H2,1-8H3,(H,86,87)(H,88,89)/t74?,75-,76-/m1/s1. The van der Waals surface area contributed by atoms with Crippen LogP contribution in [0.3, 0.4) is 0 Å². The summed E-state index contributed by atoms with van der Waals surface area (Å²) in [4.78, 5) is 72.9. The number of phosphoric acid groups is 2. The van der Waals surface area contributed by atoms with Crippen LogP contribution in [-0.4, -0.2) is 96.7 Å². The number of carbonyl (C=O) groups is 4. The minimum absolute atomic E-state index is 0.106. The van der Waals surface area contributed by atoms with E-state index in [4.69, 9.17) is 37.0 Å². The van der Waals surface area contributed by atoms with Gasteiger partial charge < -0.3 is 33.8 Å². The number of hydrogen-bond acceptors (Lipinski definition) is 15. The summed E-state index contributed by atoms with van der Waals surface area (Å²) in [5, 5.41) is 10.6. The van der Waals surface area contributed by atoms with Crippen LogP contribution < -0.4 is 0 Å². The number of rotatable bonds is 77. The van der Waals surface area contributed by atoms with Gasteiger partial charge in [0.1, 0.15) is 19.3 Å². The first-order chi connectivity index (χ1) is 47.6. The summed E-state index contributed by atoms with van der Waals surface area (Å²) in [5.74, 6) is 0.933. The van der Waals surface area contributed by atoms with Gasteiger partial charge in [-0.2, -0.15) is 0 Å². The molecule has 0 aliphatic rings. The van der Waals surface area contributed by atoms with Gasteiger partial charge in [0.05, 0.1) is 26.4 Å². The van der Waals surface area contributed by atoms with Gasteiger partial charge in [-0.15, -0.1) is 0 Å². The molecule has 19 heteroatoms. The molecule has 0 aliphatic heterocycles. The van der Waals surface area contributed by atoms with E-state index in [2.05, 4.69) is 55.4 Å². The van der Waals surface area contributed by atoms with Crippen molar-refractivity contribution in [1.29, 1.82) is 0 Å². The lowest BCUT2D eigenvalue weighted by atomic mass is 10.0. The van der Waals surface area contributed by atoms with Gasteiger partial charge in [-0.05, 0) is 49.4 Å². The Bertz CT molecular complexity index is 1940. The molecule has 0 aromatic carbocycles. The third kappa shape index (κ3) is 74.1. The maximum Gasteiger partial charge on any atom is 0.472 e. The summed E-state index contributed by atoms with van der Waals surface area (Å²) >= 11 is 0. The Hall–Kier alpha value is -1.94. The molecule has 0 fully saturated rings. The van der Waals surface area contributed by atoms with Crippen molar-refractivity contribution in [3.63, 3.8) is 0 Å². The second-order valence-corrected chi connectivity index (χ2v) is 33.6. The lowest BCUT2D eigenvalue weighted by Gasteiger charge is -2.21. The molecule has 3 unspecified atom stereocenters. The predicted molar refractivity (Wildman–Crippen MR) is 404 cm³/mol. The monoisotopic (exact) mass is 1450 g/mol. The summed E-state index contributed by atoms with van der Waals surface area (Å²) in [5.41, 5.74) is 0. The molecular formula is C80H156O17P2. The maximum atomic E-state index is 13.1. The molecule has 0 aromatic heterocycles. The zero-order valence-electron chi connectivity index (χ0n) is 65.1. The van der Waals surface area contributed by atoms with Crippen LogP contribution in [-0.2, 0) is 65.4 Å². The third-order valence-corrected chi connectivity index (χ3v) is 20.5. The minimum Gasteiger partial charge on any atom is -0.462 e. The second kappa shape index (κ2) is 69.1. The fourth-order valence-electron chi connectivity index (χ4n) is 12.3. The number of hydrogen-bond donors (Lipinski definition) is 3. The van der Waals surface area contributed by atoms with Crippen LogP contribution in [0.4, 0.5) is 0 Å². The van der Waals surface area contributed by atoms with Crippen molar-refractivity contribution >= 4 is 39.5 Å². The number of aliphatic hydroxyl groups excluding tert-OH is 1. The molecule has 588 valence electrons. The van der Waals surface area contributed by atoms with Crippen LogP contribution in [0, 0.1) is 23.7 Å². The first kappa shape index (κ1) is 97.1. The van der Waals surface area contributed by atoms with E-state index in [0.29, 0.717) is 31.6 Å². The van der Waals surface area contributed by atoms with Crippen molar-refractivity contribution in [2.24, 2.45) is 23.7 Å². The van der Waals surface area contributed by atoms with Crippen molar-refractivity contribution in [1.82, 2.24) is 0 Å². The highest BCUT2D eigenvalue weighted by molar-refractivity contribution is 7.47. The molecule has 0 heterocycles. The molecule has 0 amide bonds. The quantitative estimate of drug-likeness (QED) is 0.0222. The van der Waals surface area contributed by atoms with E-state index < -0.39 is 97.5 Å². The molecule has 0 rings (SSSR count). The minimum atomic E-state index is -4.96. The van der Waals surface area contributed by atoms with Gasteiger partial charge in [-0.3, -0.25) is 37.3 Å². The molecule has 0 aromatic rings. The molecule has 5 atom stereocenters. The van der Waals surface area contributed by atoms with E-state index in [-0.39, 0.29) is 25.7 Å². The van der Waals surface area contributed by atoms with Crippen molar-refractivity contribution in [3.05, 3.63) is 0 Å². The number of esters is 4. The number of phosphoric ester groups is 2. The van der Waals surface area contributed by atoms with Crippen LogP contribution in [0.2, 0.25) is 0 Å². The van der Waals surface area contributed by atoms with Crippen LogP contribution in [0.1, 0.15) is 409 Å². The molecule has 0 aliphatic carbocycles. The normalized spacial score (nSPS) is 14.1. The zero-order chi connectivity index (χ0) is 73.1. The average molecular weight is 1450 g/mol. The topological polar surface area (TPSA) is 237 Å². The Labute approximate surface area is 607 Å². The van der Waals surface area contributed by atoms with Gasteiger partial charge in [0.2, 0.25) is 0 Å². The van der Waals surface area contributed by atoms with E-state index in [1.807, 2.05) is 0 Å². The van der Waals surface area contributed by atoms with Crippen molar-refractivity contribution in [2.45, 2.75) is 427 Å². The highest BCUT2D eigenvalue weighted by Gasteiger charge is 2.30. The van der Waals surface area contributed by atoms with Crippen LogP contribution in [0.25, 0.3) is 0 Å². The Morgan fingerprint density at radius 2 is 0.424 bits per heavy atom. The molecule has 3 N–H and O–H groups in total. The van der Waals surface area contributed by atoms with Crippen LogP contribution >= 0.6 is 15.6 Å². The summed E-state index contributed by atoms with van der Waals surface area (Å²) in [7, 11) is -9.92. The fraction of sp³-hybridized carbons (Fsp3) is 0.950. The molecule has 0 bridgehead atoms. The Kier molecular flexibility index (Phi) is 67.8. The Balaban J connectivity index is 5.21. The molecule has 17 nitrogen and oxygen atoms in total. The highest BCUT2D eigenvalue weighted by atomic mass is 31.2. The summed E-state index contributed by atoms with van der Waals surface area (Å²) < 4.78 is 68.6. The van der Waals surface area contributed by atoms with E-state index in [1.165, 1.54) is 205 Å². The van der Waals surface area contributed by atoms with E-state index in [1.54, 1.807) is 0 Å². The van der Waals surface area contributed by atoms with Crippen molar-refractivity contribution < 1.29 is 80.2 Å². The largest absolute Gasteiger partial charge is 0.472 e. The molecule has 0 saturated carbocycles. The van der Waals surface area contributed by atoms with E-state index in [0.717, 1.165) is 114 Å². The fourth-order valence-corrected chi connectivity index (χ4v) is 13.8. The first-order valence-electron chi connectivity index (χ1n) is 41.2. The SMILES string of the molecule is CC(C)CCCCCCCCCCCCCCCCCCC(=O)O[C@H](COC(=O)CCCCCCCCCCCCC(C)C)COP(=O)(O)OCC(O)COP(=O)(O)OC[C@@H](COC(=O)CCCCCCCCC(C)C)OC(=O)CCCCCCCCCCCCCCCCCC(C)C. The van der Waals surface area contributed by atoms with Gasteiger partial charge >= 0.3 is 39.5 Å². The third-order valence-electron chi connectivity index (χ3n) is 18.6. The summed E-state index contributed by atoms with van der Waals surface area (Å²) in [6.07, 6.45) is 55.7. The van der Waals surface area contributed by atoms with Gasteiger partial charge in [0.25, 0.3) is 0 Å². The summed E-state index contributed by atoms with van der Waals surface area (Å²) in [6.45, 7) is 14.2. The Morgan fingerprint density at radius 3 is 0.626 bits per heavy atom. The number of carbonyl (C=O) groups excluding carboxylic acids is 4. The van der Waals surface area contributed by atoms with Crippen molar-refractivity contribution in [3.8, 4) is 0 Å². The predicted octanol–water partition coefficient (Wildman–Crippen LogP) is 23.6. The first-order valence-corrected chi connectivity index (χ1v) is 44.2. The van der Waals surface area contributed by atoms with Gasteiger partial charge in [0.15, 0.2) is 12.2 Å². The average Bonchev–Trinajstić information content (AvgIpc) is 1.20. The van der Waals surface area contributed by atoms with Gasteiger partial charge in [0, 0.05) is 25.7 Å². The van der Waals surface area contributed by atoms with E-state index in [9.17, 15) is 43.2 Å². The lowest BCUT2D eigenvalue weighted by Crippen LogP contribution is -2.30. The smallest absolute Gasteiger partial charge is 0.462 e. The van der Waals surface area contributed by atoms with Crippen LogP contribution in [0.5, 0.6) is 0 Å². The highest BCUT2D eigenvalue weighted by Crippen LogP contribution is 2.45. The maximum absolute atomic E-state index is 13.1. The van der Waals surface area contributed by atoms with Gasteiger partial charge in [-0.1, -0.05) is 357 Å². The molecule has 0 radical (unpaired) electrons. The van der Waals surface area contributed by atoms with Crippen molar-refractivity contribution in [2.75, 3.05) is 39.6 Å². The number of unbranched alkanes of at least 4 members (excludes halogenated alkanes) is 43. The molecular weight excluding hydrogens is 1290 g/mol. The Morgan fingerprint density at radius 1 is 0.253 bits per heavy atom. The number of ether oxygens (including phenoxy) is 4. The van der Waals surface area contributed by atoms with Crippen LogP contribution in [0.15, 0.2) is 0 Å². The molecule has 0 saturated heterocycles. The second-order valence-electron chi connectivity index (χ2n) is 30.7. The van der Waals surface area contributed by atoms with E-state index >= 15 is 0 Å². The van der Waals surface area contributed by atoms with Gasteiger partial charge in [-0.25, -0.2) is 9.13 Å². The summed E-state index contributed by atoms with van der Waals surface area (Å²) in [6, 6.07) is 0.